The van der Waals surface area contributed by atoms with Gasteiger partial charge in [-0.15, -0.1) is 0 Å². The van der Waals surface area contributed by atoms with E-state index in [1.165, 1.54) is 31.2 Å². The molecule has 102 valence electrons. The van der Waals surface area contributed by atoms with Gasteiger partial charge in [0, 0.05) is 23.8 Å². The van der Waals surface area contributed by atoms with Crippen LogP contribution in [0.4, 0.5) is 0 Å². The first-order valence-corrected chi connectivity index (χ1v) is 7.47. The van der Waals surface area contributed by atoms with Gasteiger partial charge in [-0.25, -0.2) is 0 Å². The van der Waals surface area contributed by atoms with Crippen LogP contribution in [0, 0.1) is 5.92 Å². The Morgan fingerprint density at radius 3 is 2.94 bits per heavy atom. The summed E-state index contributed by atoms with van der Waals surface area (Å²) in [5, 5.41) is 8.33. The third kappa shape index (κ3) is 2.61. The Bertz CT molecular complexity index is 360. The van der Waals surface area contributed by atoms with E-state index in [1.807, 2.05) is 0 Å². The summed E-state index contributed by atoms with van der Waals surface area (Å²) in [6.45, 7) is 9.01. The fraction of sp³-hybridized carbons (Fsp3) is 0.800. The predicted molar refractivity (Wildman–Crippen MR) is 75.5 cm³/mol. The third-order valence-corrected chi connectivity index (χ3v) is 4.28. The van der Waals surface area contributed by atoms with Crippen LogP contribution in [0.2, 0.25) is 0 Å². The van der Waals surface area contributed by atoms with Gasteiger partial charge in [-0.1, -0.05) is 33.6 Å². The minimum atomic E-state index is 0.141. The summed E-state index contributed by atoms with van der Waals surface area (Å²) in [7, 11) is 0. The van der Waals surface area contributed by atoms with Crippen LogP contribution in [0.5, 0.6) is 0 Å². The number of aromatic nitrogens is 2. The molecule has 0 spiro atoms. The quantitative estimate of drug-likeness (QED) is 0.887. The van der Waals surface area contributed by atoms with Gasteiger partial charge in [-0.2, -0.15) is 5.10 Å². The molecule has 1 N–H and O–H groups in total. The summed E-state index contributed by atoms with van der Waals surface area (Å²) in [5.74, 6) is 0.606. The highest BCUT2D eigenvalue weighted by atomic mass is 15.3. The molecule has 1 unspecified atom stereocenters. The maximum absolute atomic E-state index is 4.52. The standard InChI is InChI=1S/C15H27N3/c1-4-10-18-12-14(11-17-18)15(13(2)3)8-6-5-7-9-16-15/h11-13,16H,4-10H2,1-3H3. The van der Waals surface area contributed by atoms with Gasteiger partial charge in [0.2, 0.25) is 0 Å². The summed E-state index contributed by atoms with van der Waals surface area (Å²) in [5.41, 5.74) is 1.52. The normalized spacial score (nSPS) is 25.3. The topological polar surface area (TPSA) is 29.9 Å². The van der Waals surface area contributed by atoms with Crippen LogP contribution < -0.4 is 5.32 Å². The maximum Gasteiger partial charge on any atom is 0.0540 e. The van der Waals surface area contributed by atoms with Crippen LogP contribution in [0.1, 0.15) is 58.4 Å². The molecule has 1 aliphatic heterocycles. The van der Waals surface area contributed by atoms with Crippen LogP contribution in [-0.2, 0) is 12.1 Å². The molecule has 1 saturated heterocycles. The van der Waals surface area contributed by atoms with E-state index in [2.05, 4.69) is 48.3 Å². The Hall–Kier alpha value is -0.830. The second-order valence-corrected chi connectivity index (χ2v) is 5.86. The summed E-state index contributed by atoms with van der Waals surface area (Å²) in [6, 6.07) is 0. The van der Waals surface area contributed by atoms with Gasteiger partial charge >= 0.3 is 0 Å². The summed E-state index contributed by atoms with van der Waals surface area (Å²) < 4.78 is 2.09. The van der Waals surface area contributed by atoms with Gasteiger partial charge in [-0.3, -0.25) is 4.68 Å². The molecule has 0 aliphatic carbocycles. The molecule has 2 heterocycles. The van der Waals surface area contributed by atoms with Crippen LogP contribution in [0.3, 0.4) is 0 Å². The van der Waals surface area contributed by atoms with Crippen molar-refractivity contribution in [1.29, 1.82) is 0 Å². The average molecular weight is 249 g/mol. The molecule has 0 saturated carbocycles. The smallest absolute Gasteiger partial charge is 0.0540 e. The van der Waals surface area contributed by atoms with Gasteiger partial charge in [-0.05, 0) is 31.7 Å². The van der Waals surface area contributed by atoms with E-state index < -0.39 is 0 Å². The minimum absolute atomic E-state index is 0.141. The highest BCUT2D eigenvalue weighted by molar-refractivity contribution is 5.20. The van der Waals surface area contributed by atoms with Crippen molar-refractivity contribution in [3.05, 3.63) is 18.0 Å². The van der Waals surface area contributed by atoms with Crippen LogP contribution in [0.25, 0.3) is 0 Å². The van der Waals surface area contributed by atoms with Gasteiger partial charge in [0.25, 0.3) is 0 Å². The predicted octanol–water partition coefficient (Wildman–Crippen LogP) is 3.31. The lowest BCUT2D eigenvalue weighted by Gasteiger charge is -2.37. The van der Waals surface area contributed by atoms with E-state index in [0.29, 0.717) is 5.92 Å². The second kappa shape index (κ2) is 5.87. The lowest BCUT2D eigenvalue weighted by Crippen LogP contribution is -2.46. The first-order chi connectivity index (χ1) is 8.69. The van der Waals surface area contributed by atoms with Gasteiger partial charge in [0.15, 0.2) is 0 Å². The third-order valence-electron chi connectivity index (χ3n) is 4.28. The number of nitrogens with one attached hydrogen (secondary N) is 1. The molecule has 0 bridgehead atoms. The van der Waals surface area contributed by atoms with Crippen molar-refractivity contribution in [2.45, 2.75) is 65.0 Å². The monoisotopic (exact) mass is 249 g/mol. The number of hydrogen-bond donors (Lipinski definition) is 1. The number of hydrogen-bond acceptors (Lipinski definition) is 2. The van der Waals surface area contributed by atoms with E-state index in [-0.39, 0.29) is 5.54 Å². The molecule has 3 nitrogen and oxygen atoms in total. The molecule has 0 amide bonds. The number of nitrogens with zero attached hydrogens (tertiary/aromatic N) is 2. The molecule has 1 aromatic rings. The number of aryl methyl sites for hydroxylation is 1. The Balaban J connectivity index is 2.26. The Morgan fingerprint density at radius 2 is 2.22 bits per heavy atom. The Labute approximate surface area is 111 Å². The first kappa shape index (κ1) is 13.6. The van der Waals surface area contributed by atoms with Crippen molar-refractivity contribution < 1.29 is 0 Å². The lowest BCUT2D eigenvalue weighted by atomic mass is 9.78. The highest BCUT2D eigenvalue weighted by Crippen LogP contribution is 2.36. The Morgan fingerprint density at radius 1 is 1.39 bits per heavy atom. The van der Waals surface area contributed by atoms with E-state index in [1.54, 1.807) is 0 Å². The highest BCUT2D eigenvalue weighted by Gasteiger charge is 2.36. The van der Waals surface area contributed by atoms with E-state index in [9.17, 15) is 0 Å². The van der Waals surface area contributed by atoms with Crippen molar-refractivity contribution in [3.8, 4) is 0 Å². The lowest BCUT2D eigenvalue weighted by molar-refractivity contribution is 0.230. The largest absolute Gasteiger partial charge is 0.307 e. The number of rotatable bonds is 4. The summed E-state index contributed by atoms with van der Waals surface area (Å²) in [4.78, 5) is 0. The van der Waals surface area contributed by atoms with Crippen LogP contribution in [0.15, 0.2) is 12.4 Å². The van der Waals surface area contributed by atoms with Crippen LogP contribution in [-0.4, -0.2) is 16.3 Å². The summed E-state index contributed by atoms with van der Waals surface area (Å²) in [6.07, 6.45) is 10.7. The van der Waals surface area contributed by atoms with Crippen molar-refractivity contribution in [1.82, 2.24) is 15.1 Å². The Kier molecular flexibility index (Phi) is 4.44. The molecular formula is C15H27N3. The molecule has 1 atom stereocenters. The zero-order valence-electron chi connectivity index (χ0n) is 12.1. The van der Waals surface area contributed by atoms with E-state index in [4.69, 9.17) is 0 Å². The molecule has 18 heavy (non-hydrogen) atoms. The van der Waals surface area contributed by atoms with Crippen molar-refractivity contribution >= 4 is 0 Å². The zero-order valence-corrected chi connectivity index (χ0v) is 12.1. The van der Waals surface area contributed by atoms with E-state index in [0.717, 1.165) is 19.5 Å². The molecule has 1 fully saturated rings. The van der Waals surface area contributed by atoms with Crippen molar-refractivity contribution in [2.24, 2.45) is 5.92 Å². The molecule has 3 heteroatoms. The molecule has 1 aliphatic rings. The van der Waals surface area contributed by atoms with Gasteiger partial charge < -0.3 is 5.32 Å². The minimum Gasteiger partial charge on any atom is -0.307 e. The van der Waals surface area contributed by atoms with Gasteiger partial charge in [0.05, 0.1) is 6.20 Å². The second-order valence-electron chi connectivity index (χ2n) is 5.86. The molecular weight excluding hydrogens is 222 g/mol. The van der Waals surface area contributed by atoms with Crippen molar-refractivity contribution in [2.75, 3.05) is 6.54 Å². The molecule has 2 rings (SSSR count). The maximum atomic E-state index is 4.52. The fourth-order valence-electron chi connectivity index (χ4n) is 3.12. The average Bonchev–Trinajstić information content (AvgIpc) is 2.66. The van der Waals surface area contributed by atoms with Gasteiger partial charge in [0.1, 0.15) is 0 Å². The zero-order chi connectivity index (χ0) is 13.0. The summed E-state index contributed by atoms with van der Waals surface area (Å²) >= 11 is 0. The van der Waals surface area contributed by atoms with E-state index >= 15 is 0 Å². The fourth-order valence-corrected chi connectivity index (χ4v) is 3.12. The molecule has 1 aromatic heterocycles. The first-order valence-electron chi connectivity index (χ1n) is 7.47. The SMILES string of the molecule is CCCn1cc(C2(C(C)C)CCCCCN2)cn1. The van der Waals surface area contributed by atoms with Crippen molar-refractivity contribution in [3.63, 3.8) is 0 Å². The van der Waals surface area contributed by atoms with Crippen LogP contribution >= 0.6 is 0 Å². The molecule has 0 radical (unpaired) electrons. The molecule has 0 aromatic carbocycles.